The summed E-state index contributed by atoms with van der Waals surface area (Å²) in [5.74, 6) is -0.206. The number of carbonyl (C=O) groups excluding carboxylic acids is 1. The van der Waals surface area contributed by atoms with E-state index in [-0.39, 0.29) is 37.3 Å². The van der Waals surface area contributed by atoms with E-state index in [9.17, 15) is 4.79 Å². The molecular formula is C14H20Cl2N4O2S. The quantitative estimate of drug-likeness (QED) is 0.764. The Morgan fingerprint density at radius 3 is 2.74 bits per heavy atom. The molecule has 2 aromatic rings. The zero-order valence-corrected chi connectivity index (χ0v) is 15.0. The number of hydrogen-bond donors (Lipinski definition) is 2. The first-order chi connectivity index (χ1) is 10.2. The van der Waals surface area contributed by atoms with Gasteiger partial charge in [-0.25, -0.2) is 4.98 Å². The molecule has 6 nitrogen and oxygen atoms in total. The van der Waals surface area contributed by atoms with Gasteiger partial charge in [0.25, 0.3) is 0 Å². The number of amides is 1. The number of methoxy groups -OCH3 is 1. The molecule has 0 saturated carbocycles. The molecule has 128 valence electrons. The highest BCUT2D eigenvalue weighted by molar-refractivity contribution is 7.09. The minimum absolute atomic E-state index is 0. The monoisotopic (exact) mass is 378 g/mol. The smallest absolute Gasteiger partial charge is 0.239 e. The molecule has 0 spiro atoms. The molecule has 2 rings (SSSR count). The average molecular weight is 379 g/mol. The zero-order chi connectivity index (χ0) is 15.1. The molecule has 0 bridgehead atoms. The molecule has 0 aromatic carbocycles. The van der Waals surface area contributed by atoms with Crippen LogP contribution in [-0.4, -0.2) is 42.2 Å². The molecule has 0 radical (unpaired) electrons. The van der Waals surface area contributed by atoms with Crippen LogP contribution in [0.5, 0.6) is 0 Å². The first-order valence-corrected chi connectivity index (χ1v) is 7.45. The highest BCUT2D eigenvalue weighted by Gasteiger charge is 2.12. The number of carbonyl (C=O) groups is 1. The van der Waals surface area contributed by atoms with Crippen LogP contribution in [-0.2, 0) is 16.0 Å². The van der Waals surface area contributed by atoms with Gasteiger partial charge in [-0.1, -0.05) is 0 Å². The van der Waals surface area contributed by atoms with Crippen molar-refractivity contribution in [2.24, 2.45) is 5.73 Å². The molecule has 0 fully saturated rings. The largest absolute Gasteiger partial charge is 0.383 e. The molecule has 9 heteroatoms. The van der Waals surface area contributed by atoms with E-state index in [1.165, 1.54) is 7.11 Å². The maximum Gasteiger partial charge on any atom is 0.239 e. The van der Waals surface area contributed by atoms with Crippen molar-refractivity contribution >= 4 is 42.1 Å². The number of aromatic nitrogens is 2. The summed E-state index contributed by atoms with van der Waals surface area (Å²) in [5, 5.41) is 5.76. The van der Waals surface area contributed by atoms with E-state index in [2.05, 4.69) is 15.3 Å². The van der Waals surface area contributed by atoms with Gasteiger partial charge in [0.1, 0.15) is 6.04 Å². The standard InChI is InChI=1S/C14H18N4O2S.2ClH/c1-20-8-11(15)14(19)17-7-4-13-18-12(9-21-13)10-2-5-16-6-3-10;;/h2-3,5-6,9,11H,4,7-8,15H2,1H3,(H,17,19);2*1H. The number of rotatable bonds is 7. The van der Waals surface area contributed by atoms with Crippen molar-refractivity contribution in [3.8, 4) is 11.3 Å². The number of thiazole rings is 1. The molecule has 1 amide bonds. The molecule has 1 unspecified atom stereocenters. The minimum Gasteiger partial charge on any atom is -0.383 e. The van der Waals surface area contributed by atoms with Crippen LogP contribution >= 0.6 is 36.2 Å². The minimum atomic E-state index is -0.626. The van der Waals surface area contributed by atoms with E-state index in [0.29, 0.717) is 13.0 Å². The van der Waals surface area contributed by atoms with Gasteiger partial charge in [-0.3, -0.25) is 9.78 Å². The Morgan fingerprint density at radius 1 is 1.39 bits per heavy atom. The second-order valence-corrected chi connectivity index (χ2v) is 5.41. The van der Waals surface area contributed by atoms with Gasteiger partial charge in [0.15, 0.2) is 0 Å². The van der Waals surface area contributed by atoms with Crippen molar-refractivity contribution in [2.45, 2.75) is 12.5 Å². The summed E-state index contributed by atoms with van der Waals surface area (Å²) in [5.41, 5.74) is 7.60. The van der Waals surface area contributed by atoms with Crippen molar-refractivity contribution in [1.29, 1.82) is 0 Å². The molecular weight excluding hydrogens is 359 g/mol. The number of nitrogens with two attached hydrogens (primary N) is 1. The van der Waals surface area contributed by atoms with Crippen molar-refractivity contribution in [3.63, 3.8) is 0 Å². The highest BCUT2D eigenvalue weighted by Crippen LogP contribution is 2.21. The lowest BCUT2D eigenvalue weighted by molar-refractivity contribution is -0.123. The van der Waals surface area contributed by atoms with Gasteiger partial charge >= 0.3 is 0 Å². The third-order valence-corrected chi connectivity index (χ3v) is 3.76. The molecule has 2 aromatic heterocycles. The fourth-order valence-corrected chi connectivity index (χ4v) is 2.57. The van der Waals surface area contributed by atoms with Crippen molar-refractivity contribution in [3.05, 3.63) is 34.9 Å². The summed E-state index contributed by atoms with van der Waals surface area (Å²) < 4.78 is 4.84. The number of ether oxygens (including phenoxy) is 1. The lowest BCUT2D eigenvalue weighted by Crippen LogP contribution is -2.44. The average Bonchev–Trinajstić information content (AvgIpc) is 2.97. The van der Waals surface area contributed by atoms with Gasteiger partial charge in [-0.15, -0.1) is 36.2 Å². The van der Waals surface area contributed by atoms with Crippen LogP contribution < -0.4 is 11.1 Å². The Labute approximate surface area is 151 Å². The van der Waals surface area contributed by atoms with Gasteiger partial charge in [-0.2, -0.15) is 0 Å². The molecule has 0 aliphatic carbocycles. The lowest BCUT2D eigenvalue weighted by Gasteiger charge is -2.10. The third-order valence-electron chi connectivity index (χ3n) is 2.85. The van der Waals surface area contributed by atoms with E-state index in [1.807, 2.05) is 17.5 Å². The fraction of sp³-hybridized carbons (Fsp3) is 0.357. The molecule has 23 heavy (non-hydrogen) atoms. The number of nitrogens with one attached hydrogen (secondary N) is 1. The summed E-state index contributed by atoms with van der Waals surface area (Å²) in [4.78, 5) is 20.1. The van der Waals surface area contributed by atoms with Gasteiger partial charge < -0.3 is 15.8 Å². The van der Waals surface area contributed by atoms with E-state index >= 15 is 0 Å². The van der Waals surface area contributed by atoms with Gasteiger partial charge in [0.05, 0.1) is 17.3 Å². The molecule has 3 N–H and O–H groups in total. The third kappa shape index (κ3) is 6.80. The van der Waals surface area contributed by atoms with Crippen LogP contribution in [0.3, 0.4) is 0 Å². The fourth-order valence-electron chi connectivity index (χ4n) is 1.76. The van der Waals surface area contributed by atoms with Crippen LogP contribution in [0.4, 0.5) is 0 Å². The SMILES string of the molecule is COCC(N)C(=O)NCCc1nc(-c2ccncc2)cs1.Cl.Cl. The summed E-state index contributed by atoms with van der Waals surface area (Å²) >= 11 is 1.58. The first kappa shape index (κ1) is 21.8. The molecule has 0 aliphatic rings. The summed E-state index contributed by atoms with van der Waals surface area (Å²) in [6.07, 6.45) is 4.17. The molecule has 0 saturated heterocycles. The van der Waals surface area contributed by atoms with Gasteiger partial charge in [0, 0.05) is 43.4 Å². The second-order valence-electron chi connectivity index (χ2n) is 4.47. The van der Waals surface area contributed by atoms with E-state index in [0.717, 1.165) is 16.3 Å². The summed E-state index contributed by atoms with van der Waals surface area (Å²) in [6.45, 7) is 0.731. The summed E-state index contributed by atoms with van der Waals surface area (Å²) in [6, 6.07) is 3.22. The van der Waals surface area contributed by atoms with E-state index in [4.69, 9.17) is 10.5 Å². The van der Waals surface area contributed by atoms with Crippen molar-refractivity contribution < 1.29 is 9.53 Å². The predicted molar refractivity (Wildman–Crippen MR) is 96.4 cm³/mol. The predicted octanol–water partition coefficient (Wildman–Crippen LogP) is 1.68. The number of pyridine rings is 1. The normalized spacial score (nSPS) is 11.0. The van der Waals surface area contributed by atoms with Crippen LogP contribution in [0.2, 0.25) is 0 Å². The highest BCUT2D eigenvalue weighted by atomic mass is 35.5. The van der Waals surface area contributed by atoms with Gasteiger partial charge in [0.2, 0.25) is 5.91 Å². The van der Waals surface area contributed by atoms with Crippen LogP contribution in [0.1, 0.15) is 5.01 Å². The number of hydrogen-bond acceptors (Lipinski definition) is 6. The topological polar surface area (TPSA) is 90.1 Å². The second kappa shape index (κ2) is 11.3. The maximum atomic E-state index is 11.6. The van der Waals surface area contributed by atoms with Crippen LogP contribution in [0.15, 0.2) is 29.9 Å². The maximum absolute atomic E-state index is 11.6. The Bertz CT molecular complexity index is 583. The van der Waals surface area contributed by atoms with Crippen LogP contribution in [0.25, 0.3) is 11.3 Å². The zero-order valence-electron chi connectivity index (χ0n) is 12.6. The Kier molecular flexibility index (Phi) is 10.7. The number of nitrogens with zero attached hydrogens (tertiary/aromatic N) is 2. The summed E-state index contributed by atoms with van der Waals surface area (Å²) in [7, 11) is 1.52. The first-order valence-electron chi connectivity index (χ1n) is 6.57. The van der Waals surface area contributed by atoms with Crippen LogP contribution in [0, 0.1) is 0 Å². The Balaban J connectivity index is 0.00000242. The Hall–Kier alpha value is -1.25. The van der Waals surface area contributed by atoms with Gasteiger partial charge in [-0.05, 0) is 12.1 Å². The Morgan fingerprint density at radius 2 is 2.09 bits per heavy atom. The molecule has 2 heterocycles. The molecule has 0 aliphatic heterocycles. The number of halogens is 2. The van der Waals surface area contributed by atoms with E-state index in [1.54, 1.807) is 23.7 Å². The van der Waals surface area contributed by atoms with E-state index < -0.39 is 6.04 Å². The molecule has 1 atom stereocenters. The van der Waals surface area contributed by atoms with Crippen molar-refractivity contribution in [2.75, 3.05) is 20.3 Å². The lowest BCUT2D eigenvalue weighted by atomic mass is 10.2. The van der Waals surface area contributed by atoms with Crippen molar-refractivity contribution in [1.82, 2.24) is 15.3 Å².